The highest BCUT2D eigenvalue weighted by Gasteiger charge is 2.32. The zero-order valence-corrected chi connectivity index (χ0v) is 24.8. The molecule has 0 aliphatic carbocycles. The van der Waals surface area contributed by atoms with E-state index in [1.807, 2.05) is 24.3 Å². The monoisotopic (exact) mass is 620 g/mol. The molecule has 0 spiro atoms. The molecule has 4 rings (SSSR count). The molecule has 2 aromatic carbocycles. The second-order valence-electron chi connectivity index (χ2n) is 11.1. The Morgan fingerprint density at radius 1 is 0.933 bits per heavy atom. The van der Waals surface area contributed by atoms with Gasteiger partial charge < -0.3 is 47.9 Å². The minimum absolute atomic E-state index is 0.00762. The Kier molecular flexibility index (Phi) is 11.3. The van der Waals surface area contributed by atoms with Crippen molar-refractivity contribution in [3.63, 3.8) is 0 Å². The van der Waals surface area contributed by atoms with E-state index in [4.69, 9.17) is 11.5 Å². The van der Waals surface area contributed by atoms with Gasteiger partial charge in [-0.3, -0.25) is 19.4 Å². The number of aromatic hydroxyl groups is 1. The zero-order chi connectivity index (χ0) is 32.3. The number of benzene rings is 2. The van der Waals surface area contributed by atoms with Crippen LogP contribution in [0.15, 0.2) is 59.7 Å². The van der Waals surface area contributed by atoms with Crippen molar-refractivity contribution in [1.29, 1.82) is 0 Å². The number of phenolic OH excluding ortho intramolecular Hbond substituents is 1. The summed E-state index contributed by atoms with van der Waals surface area (Å²) < 4.78 is 0. The Morgan fingerprint density at radius 3 is 2.33 bits per heavy atom. The number of carboxylic acids is 1. The van der Waals surface area contributed by atoms with Crippen LogP contribution in [0, 0.1) is 0 Å². The number of aromatic amines is 1. The standard InChI is InChI=1S/C31H40N8O6/c32-31(33)35-14-4-8-24(28(42)39-26(30(44)45)16-19-17-36-22-6-2-1-5-21(19)22)37-29(43)25(15-18-9-11-20(40)12-10-18)38-27(41)23-7-3-13-34-23/h1-2,5-6,9-12,17,23-26,34,36,40H,3-4,7-8,13-16H2,(H,37,43)(H,38,41)(H,39,42)(H,44,45)(H4,32,33,35). The second-order valence-corrected chi connectivity index (χ2v) is 11.1. The molecular weight excluding hydrogens is 580 g/mol. The third-order valence-electron chi connectivity index (χ3n) is 7.68. The highest BCUT2D eigenvalue weighted by molar-refractivity contribution is 5.94. The number of H-pyrrole nitrogens is 1. The van der Waals surface area contributed by atoms with E-state index in [0.29, 0.717) is 30.5 Å². The van der Waals surface area contributed by atoms with Gasteiger partial charge in [-0.25, -0.2) is 4.79 Å². The smallest absolute Gasteiger partial charge is 0.326 e. The maximum atomic E-state index is 13.7. The summed E-state index contributed by atoms with van der Waals surface area (Å²) in [5.41, 5.74) is 13.1. The number of nitrogens with zero attached hydrogens (tertiary/aromatic N) is 1. The first kappa shape index (κ1) is 32.8. The Balaban J connectivity index is 1.52. The Hall–Kier alpha value is -5.11. The number of nitrogens with one attached hydrogen (secondary N) is 5. The van der Waals surface area contributed by atoms with Gasteiger partial charge in [-0.2, -0.15) is 0 Å². The first-order valence-electron chi connectivity index (χ1n) is 14.9. The Morgan fingerprint density at radius 2 is 1.64 bits per heavy atom. The molecule has 0 bridgehead atoms. The summed E-state index contributed by atoms with van der Waals surface area (Å²) in [4.78, 5) is 59.5. The quantitative estimate of drug-likeness (QED) is 0.0631. The molecule has 14 heteroatoms. The number of fused-ring (bicyclic) bond motifs is 1. The van der Waals surface area contributed by atoms with E-state index in [2.05, 4.69) is 31.2 Å². The highest BCUT2D eigenvalue weighted by atomic mass is 16.4. The van der Waals surface area contributed by atoms with Gasteiger partial charge in [-0.05, 0) is 61.6 Å². The molecule has 0 radical (unpaired) electrons. The molecule has 240 valence electrons. The van der Waals surface area contributed by atoms with Gasteiger partial charge in [0.25, 0.3) is 0 Å². The van der Waals surface area contributed by atoms with Crippen LogP contribution in [0.2, 0.25) is 0 Å². The van der Waals surface area contributed by atoms with E-state index in [0.717, 1.165) is 17.3 Å². The fourth-order valence-electron chi connectivity index (χ4n) is 5.30. The van der Waals surface area contributed by atoms with E-state index < -0.39 is 42.0 Å². The summed E-state index contributed by atoms with van der Waals surface area (Å²) in [5.74, 6) is -2.98. The van der Waals surface area contributed by atoms with E-state index in [1.165, 1.54) is 12.1 Å². The van der Waals surface area contributed by atoms with E-state index in [-0.39, 0.29) is 43.4 Å². The number of carbonyl (C=O) groups is 4. The number of nitrogens with two attached hydrogens (primary N) is 2. The maximum absolute atomic E-state index is 13.7. The van der Waals surface area contributed by atoms with Gasteiger partial charge in [0.05, 0.1) is 6.04 Å². The topological polar surface area (TPSA) is 237 Å². The second kappa shape index (κ2) is 15.6. The van der Waals surface area contributed by atoms with Crippen LogP contribution < -0.4 is 32.7 Å². The van der Waals surface area contributed by atoms with E-state index in [1.54, 1.807) is 18.3 Å². The molecule has 1 aromatic heterocycles. The molecule has 4 atom stereocenters. The minimum atomic E-state index is -1.28. The number of carboxylic acid groups (broad SMARTS) is 1. The lowest BCUT2D eigenvalue weighted by Crippen LogP contribution is -2.57. The van der Waals surface area contributed by atoms with Crippen molar-refractivity contribution in [1.82, 2.24) is 26.3 Å². The number of amides is 3. The van der Waals surface area contributed by atoms with E-state index in [9.17, 15) is 29.4 Å². The van der Waals surface area contributed by atoms with Crippen molar-refractivity contribution < 1.29 is 29.4 Å². The summed E-state index contributed by atoms with van der Waals surface area (Å²) in [6.45, 7) is 0.870. The van der Waals surface area contributed by atoms with Crippen molar-refractivity contribution in [2.75, 3.05) is 13.1 Å². The van der Waals surface area contributed by atoms with Crippen LogP contribution in [0.25, 0.3) is 10.9 Å². The fourth-order valence-corrected chi connectivity index (χ4v) is 5.30. The number of aliphatic imine (C=N–C) groups is 1. The third kappa shape index (κ3) is 9.44. The summed E-state index contributed by atoms with van der Waals surface area (Å²) in [5, 5.41) is 31.7. The number of para-hydroxylation sites is 1. The molecular formula is C31H40N8O6. The summed E-state index contributed by atoms with van der Waals surface area (Å²) in [7, 11) is 0. The van der Waals surface area contributed by atoms with Crippen LogP contribution in [0.3, 0.4) is 0 Å². The molecule has 45 heavy (non-hydrogen) atoms. The van der Waals surface area contributed by atoms with Crippen molar-refractivity contribution in [2.24, 2.45) is 16.5 Å². The van der Waals surface area contributed by atoms with E-state index >= 15 is 0 Å². The predicted molar refractivity (Wildman–Crippen MR) is 168 cm³/mol. The Bertz CT molecular complexity index is 1510. The molecule has 1 aliphatic rings. The average molecular weight is 621 g/mol. The highest BCUT2D eigenvalue weighted by Crippen LogP contribution is 2.19. The maximum Gasteiger partial charge on any atom is 0.326 e. The normalized spacial score (nSPS) is 16.3. The number of phenols is 1. The molecule has 14 nitrogen and oxygen atoms in total. The van der Waals surface area contributed by atoms with Gasteiger partial charge in [0, 0.05) is 36.5 Å². The molecule has 3 aromatic rings. The predicted octanol–water partition coefficient (Wildman–Crippen LogP) is 0.00330. The van der Waals surface area contributed by atoms with Crippen LogP contribution in [0.4, 0.5) is 0 Å². The zero-order valence-electron chi connectivity index (χ0n) is 24.8. The lowest BCUT2D eigenvalue weighted by atomic mass is 10.0. The number of hydrogen-bond acceptors (Lipinski definition) is 7. The fraction of sp³-hybridized carbons (Fsp3) is 0.387. The first-order chi connectivity index (χ1) is 21.6. The van der Waals surface area contributed by atoms with Crippen molar-refractivity contribution in [3.05, 3.63) is 65.9 Å². The first-order valence-corrected chi connectivity index (χ1v) is 14.9. The number of carbonyl (C=O) groups excluding carboxylic acids is 3. The lowest BCUT2D eigenvalue weighted by Gasteiger charge is -2.25. The van der Waals surface area contributed by atoms with Gasteiger partial charge in [0.15, 0.2) is 5.96 Å². The van der Waals surface area contributed by atoms with Crippen molar-refractivity contribution >= 4 is 40.6 Å². The molecule has 1 saturated heterocycles. The largest absolute Gasteiger partial charge is 0.508 e. The minimum Gasteiger partial charge on any atom is -0.508 e. The molecule has 1 aliphatic heterocycles. The molecule has 1 fully saturated rings. The van der Waals surface area contributed by atoms with Gasteiger partial charge >= 0.3 is 5.97 Å². The lowest BCUT2D eigenvalue weighted by molar-refractivity contribution is -0.142. The number of hydrogen-bond donors (Lipinski definition) is 9. The Labute approximate surface area is 260 Å². The molecule has 2 heterocycles. The van der Waals surface area contributed by atoms with Crippen molar-refractivity contribution in [3.8, 4) is 5.75 Å². The molecule has 11 N–H and O–H groups in total. The molecule has 3 amide bonds. The van der Waals surface area contributed by atoms with Crippen LogP contribution in [-0.2, 0) is 32.0 Å². The SMILES string of the molecule is NC(N)=NCCCC(NC(=O)C(Cc1ccc(O)cc1)NC(=O)C1CCCN1)C(=O)NC(Cc1c[nH]c2ccccc12)C(=O)O. The summed E-state index contributed by atoms with van der Waals surface area (Å²) >= 11 is 0. The van der Waals surface area contributed by atoms with Crippen molar-refractivity contribution in [2.45, 2.75) is 62.7 Å². The summed E-state index contributed by atoms with van der Waals surface area (Å²) in [6.07, 6.45) is 3.65. The van der Waals surface area contributed by atoms with Gasteiger partial charge in [0.2, 0.25) is 17.7 Å². The number of aliphatic carboxylic acids is 1. The van der Waals surface area contributed by atoms with Gasteiger partial charge in [0.1, 0.15) is 23.9 Å². The van der Waals surface area contributed by atoms with Gasteiger partial charge in [-0.15, -0.1) is 0 Å². The number of rotatable bonds is 15. The van der Waals surface area contributed by atoms with Crippen LogP contribution in [-0.4, -0.2) is 82.1 Å². The third-order valence-corrected chi connectivity index (χ3v) is 7.68. The summed E-state index contributed by atoms with van der Waals surface area (Å²) in [6, 6.07) is 9.71. The molecule has 4 unspecified atom stereocenters. The number of guanidine groups is 1. The van der Waals surface area contributed by atoms with Crippen LogP contribution in [0.5, 0.6) is 5.75 Å². The van der Waals surface area contributed by atoms with Crippen LogP contribution in [0.1, 0.15) is 36.8 Å². The van der Waals surface area contributed by atoms with Crippen LogP contribution >= 0.6 is 0 Å². The number of aromatic nitrogens is 1. The molecule has 0 saturated carbocycles. The van der Waals surface area contributed by atoms with Gasteiger partial charge in [-0.1, -0.05) is 30.3 Å². The average Bonchev–Trinajstić information content (AvgIpc) is 3.70.